The predicted octanol–water partition coefficient (Wildman–Crippen LogP) is 2.60. The fourth-order valence-electron chi connectivity index (χ4n) is 4.51. The van der Waals surface area contributed by atoms with Gasteiger partial charge in [0.05, 0.1) is 13.1 Å². The summed E-state index contributed by atoms with van der Waals surface area (Å²) in [7, 11) is 0. The van der Waals surface area contributed by atoms with Gasteiger partial charge in [0, 0.05) is 18.9 Å². The number of carboxylic acids is 1. The molecule has 4 rings (SSSR count). The van der Waals surface area contributed by atoms with Gasteiger partial charge in [0.25, 0.3) is 0 Å². The molecule has 2 aromatic rings. The highest BCUT2D eigenvalue weighted by Gasteiger charge is 2.50. The van der Waals surface area contributed by atoms with Crippen LogP contribution in [0.2, 0.25) is 0 Å². The highest BCUT2D eigenvalue weighted by atomic mass is 16.5. The molecule has 0 saturated carbocycles. The van der Waals surface area contributed by atoms with Crippen molar-refractivity contribution in [1.29, 1.82) is 0 Å². The van der Waals surface area contributed by atoms with Crippen LogP contribution < -0.4 is 5.32 Å². The summed E-state index contributed by atoms with van der Waals surface area (Å²) >= 11 is 0. The standard InChI is InChI=1S/C25H28N2O6/c1-2-16(11-22(28)27-14-25(32,15-27)23(29)30)12-26-24(31)33-13-21-19-9-5-3-7-17(19)18-8-4-6-10-20(18)21/h3-10,16,21,32H,2,11-15H2,1H3,(H,26,31)(H,29,30). The summed E-state index contributed by atoms with van der Waals surface area (Å²) in [6.45, 7) is 1.99. The van der Waals surface area contributed by atoms with Crippen molar-refractivity contribution in [3.63, 3.8) is 0 Å². The molecular formula is C25H28N2O6. The molecule has 174 valence electrons. The largest absolute Gasteiger partial charge is 0.479 e. The van der Waals surface area contributed by atoms with Crippen molar-refractivity contribution < 1.29 is 29.3 Å². The number of aliphatic carboxylic acids is 1. The van der Waals surface area contributed by atoms with Gasteiger partial charge in [-0.2, -0.15) is 0 Å². The summed E-state index contributed by atoms with van der Waals surface area (Å²) in [4.78, 5) is 37.0. The van der Waals surface area contributed by atoms with E-state index in [1.807, 2.05) is 31.2 Å². The van der Waals surface area contributed by atoms with Gasteiger partial charge in [-0.1, -0.05) is 61.9 Å². The maximum atomic E-state index is 12.4. The smallest absolute Gasteiger partial charge is 0.407 e. The fraction of sp³-hybridized carbons (Fsp3) is 0.400. The van der Waals surface area contributed by atoms with E-state index >= 15 is 0 Å². The van der Waals surface area contributed by atoms with Crippen LogP contribution in [0.4, 0.5) is 4.79 Å². The number of rotatable bonds is 8. The van der Waals surface area contributed by atoms with Gasteiger partial charge in [0.15, 0.2) is 5.60 Å². The minimum Gasteiger partial charge on any atom is -0.479 e. The number of ether oxygens (including phenoxy) is 1. The first kappa shape index (κ1) is 22.8. The van der Waals surface area contributed by atoms with E-state index in [2.05, 4.69) is 29.6 Å². The van der Waals surface area contributed by atoms with Gasteiger partial charge in [-0.3, -0.25) is 4.79 Å². The number of nitrogens with one attached hydrogen (secondary N) is 1. The van der Waals surface area contributed by atoms with Gasteiger partial charge in [-0.25, -0.2) is 9.59 Å². The second-order valence-corrected chi connectivity index (χ2v) is 8.77. The van der Waals surface area contributed by atoms with E-state index in [9.17, 15) is 19.5 Å². The van der Waals surface area contributed by atoms with Crippen LogP contribution in [0.5, 0.6) is 0 Å². The highest BCUT2D eigenvalue weighted by molar-refractivity contribution is 5.85. The number of benzene rings is 2. The normalized spacial score (nSPS) is 16.8. The number of hydrogen-bond acceptors (Lipinski definition) is 5. The van der Waals surface area contributed by atoms with Gasteiger partial charge in [0.1, 0.15) is 6.61 Å². The van der Waals surface area contributed by atoms with Gasteiger partial charge >= 0.3 is 12.1 Å². The molecule has 0 spiro atoms. The molecule has 2 aliphatic rings. The molecule has 3 N–H and O–H groups in total. The lowest BCUT2D eigenvalue weighted by Crippen LogP contribution is -2.67. The number of carboxylic acid groups (broad SMARTS) is 1. The van der Waals surface area contributed by atoms with Gasteiger partial charge in [0.2, 0.25) is 5.91 Å². The van der Waals surface area contributed by atoms with Crippen molar-refractivity contribution in [2.24, 2.45) is 5.92 Å². The van der Waals surface area contributed by atoms with E-state index in [-0.39, 0.29) is 50.4 Å². The maximum absolute atomic E-state index is 12.4. The Balaban J connectivity index is 1.26. The minimum absolute atomic E-state index is 0.0221. The molecule has 1 saturated heterocycles. The lowest BCUT2D eigenvalue weighted by molar-refractivity contribution is -0.182. The minimum atomic E-state index is -1.85. The third kappa shape index (κ3) is 4.57. The van der Waals surface area contributed by atoms with Crippen molar-refractivity contribution >= 4 is 18.0 Å². The first-order valence-electron chi connectivity index (χ1n) is 11.1. The van der Waals surface area contributed by atoms with Crippen LogP contribution in [0.15, 0.2) is 48.5 Å². The van der Waals surface area contributed by atoms with E-state index in [1.54, 1.807) is 0 Å². The second-order valence-electron chi connectivity index (χ2n) is 8.77. The molecule has 0 radical (unpaired) electrons. The Hall–Kier alpha value is -3.39. The van der Waals surface area contributed by atoms with E-state index in [0.29, 0.717) is 6.42 Å². The lowest BCUT2D eigenvalue weighted by atomic mass is 9.92. The van der Waals surface area contributed by atoms with Crippen LogP contribution in [0, 0.1) is 5.92 Å². The number of fused-ring (bicyclic) bond motifs is 3. The molecule has 0 bridgehead atoms. The number of hydrogen-bond donors (Lipinski definition) is 3. The molecule has 1 unspecified atom stereocenters. The average molecular weight is 453 g/mol. The maximum Gasteiger partial charge on any atom is 0.407 e. The molecule has 33 heavy (non-hydrogen) atoms. The van der Waals surface area contributed by atoms with Crippen LogP contribution in [0.25, 0.3) is 11.1 Å². The van der Waals surface area contributed by atoms with Gasteiger partial charge in [-0.05, 0) is 28.2 Å². The molecule has 2 aromatic carbocycles. The molecule has 1 fully saturated rings. The molecule has 1 aliphatic heterocycles. The van der Waals surface area contributed by atoms with Crippen molar-refractivity contribution in [3.05, 3.63) is 59.7 Å². The number of β-amino-alcohol motifs (C(OH)–C–C–N with tert-alkyl or cyclic N) is 1. The Morgan fingerprint density at radius 3 is 2.21 bits per heavy atom. The summed E-state index contributed by atoms with van der Waals surface area (Å²) in [6.07, 6.45) is 0.286. The number of carbonyl (C=O) groups is 3. The Labute approximate surface area is 192 Å². The summed E-state index contributed by atoms with van der Waals surface area (Å²) in [5, 5.41) is 21.5. The van der Waals surface area contributed by atoms with Gasteiger partial charge in [-0.15, -0.1) is 0 Å². The van der Waals surface area contributed by atoms with Gasteiger partial charge < -0.3 is 25.2 Å². The molecule has 0 aromatic heterocycles. The molecule has 1 atom stereocenters. The Bertz CT molecular complexity index is 1020. The Morgan fingerprint density at radius 2 is 1.67 bits per heavy atom. The number of likely N-dealkylation sites (tertiary alicyclic amines) is 1. The zero-order valence-electron chi connectivity index (χ0n) is 18.5. The van der Waals surface area contributed by atoms with Crippen molar-refractivity contribution in [3.8, 4) is 11.1 Å². The van der Waals surface area contributed by atoms with E-state index in [1.165, 1.54) is 4.90 Å². The molecule has 1 heterocycles. The number of nitrogens with zero attached hydrogens (tertiary/aromatic N) is 1. The van der Waals surface area contributed by atoms with E-state index < -0.39 is 17.7 Å². The zero-order chi connectivity index (χ0) is 23.6. The Kier molecular flexibility index (Phi) is 6.37. The summed E-state index contributed by atoms with van der Waals surface area (Å²) in [5.74, 6) is -1.69. The van der Waals surface area contributed by atoms with Crippen LogP contribution >= 0.6 is 0 Å². The SMILES string of the molecule is CCC(CNC(=O)OCC1c2ccccc2-c2ccccc21)CC(=O)N1CC(O)(C(=O)O)C1. The highest BCUT2D eigenvalue weighted by Crippen LogP contribution is 2.44. The Morgan fingerprint density at radius 1 is 1.09 bits per heavy atom. The molecule has 8 nitrogen and oxygen atoms in total. The number of aliphatic hydroxyl groups is 1. The zero-order valence-corrected chi connectivity index (χ0v) is 18.5. The predicted molar refractivity (Wildman–Crippen MR) is 121 cm³/mol. The quantitative estimate of drug-likeness (QED) is 0.567. The molecular weight excluding hydrogens is 424 g/mol. The third-order valence-corrected chi connectivity index (χ3v) is 6.58. The van der Waals surface area contributed by atoms with Crippen molar-refractivity contribution in [2.75, 3.05) is 26.2 Å². The number of amides is 2. The van der Waals surface area contributed by atoms with E-state index in [0.717, 1.165) is 22.3 Å². The first-order valence-corrected chi connectivity index (χ1v) is 11.1. The number of carbonyl (C=O) groups excluding carboxylic acids is 2. The van der Waals surface area contributed by atoms with Crippen LogP contribution in [0.1, 0.15) is 36.8 Å². The third-order valence-electron chi connectivity index (χ3n) is 6.58. The average Bonchev–Trinajstić information content (AvgIpc) is 3.11. The van der Waals surface area contributed by atoms with Crippen LogP contribution in [-0.2, 0) is 14.3 Å². The number of alkyl carbamates (subject to hydrolysis) is 1. The molecule has 2 amide bonds. The van der Waals surface area contributed by atoms with Crippen molar-refractivity contribution in [2.45, 2.75) is 31.3 Å². The molecule has 8 heteroatoms. The van der Waals surface area contributed by atoms with Crippen LogP contribution in [-0.4, -0.2) is 64.9 Å². The first-order chi connectivity index (χ1) is 15.8. The summed E-state index contributed by atoms with van der Waals surface area (Å²) in [5.41, 5.74) is 2.75. The summed E-state index contributed by atoms with van der Waals surface area (Å²) < 4.78 is 5.53. The monoisotopic (exact) mass is 452 g/mol. The lowest BCUT2D eigenvalue weighted by Gasteiger charge is -2.43. The van der Waals surface area contributed by atoms with Crippen molar-refractivity contribution in [1.82, 2.24) is 10.2 Å². The molecule has 1 aliphatic carbocycles. The summed E-state index contributed by atoms with van der Waals surface area (Å²) in [6, 6.07) is 16.2. The van der Waals surface area contributed by atoms with Crippen LogP contribution in [0.3, 0.4) is 0 Å². The second kappa shape index (κ2) is 9.23. The topological polar surface area (TPSA) is 116 Å². The fourth-order valence-corrected chi connectivity index (χ4v) is 4.51. The van der Waals surface area contributed by atoms with E-state index in [4.69, 9.17) is 9.84 Å².